The molecule has 0 fully saturated rings. The number of nitriles is 1. The van der Waals surface area contributed by atoms with Crippen molar-refractivity contribution in [3.63, 3.8) is 0 Å². The van der Waals surface area contributed by atoms with Gasteiger partial charge in [-0.3, -0.25) is 4.68 Å². The van der Waals surface area contributed by atoms with E-state index >= 15 is 0 Å². The topological polar surface area (TPSA) is 61.8 Å². The lowest BCUT2D eigenvalue weighted by atomic mass is 10.1. The molecule has 0 aliphatic rings. The minimum Gasteiger partial charge on any atom is -0.387 e. The normalized spacial score (nSPS) is 12.5. The first-order valence-electron chi connectivity index (χ1n) is 3.82. The zero-order valence-electron chi connectivity index (χ0n) is 7.45. The van der Waals surface area contributed by atoms with E-state index in [0.29, 0.717) is 16.4 Å². The third-order valence-electron chi connectivity index (χ3n) is 1.81. The summed E-state index contributed by atoms with van der Waals surface area (Å²) in [5.74, 6) is 0. The predicted octanol–water partition coefficient (Wildman–Crippen LogP) is 1.33. The summed E-state index contributed by atoms with van der Waals surface area (Å²) in [6.07, 6.45) is -0.807. The van der Waals surface area contributed by atoms with Gasteiger partial charge in [-0.25, -0.2) is 0 Å². The van der Waals surface area contributed by atoms with Crippen molar-refractivity contribution in [3.8, 4) is 6.07 Å². The fraction of sp³-hybridized carbons (Fsp3) is 0.500. The van der Waals surface area contributed by atoms with Crippen molar-refractivity contribution >= 4 is 11.6 Å². The standard InChI is InChI=1S/C8H10ClN3O/c1-5-7(6(13)3-4-10)8(9)12(2)11-5/h6,13H,3H2,1-2H3. The maximum atomic E-state index is 9.54. The zero-order valence-corrected chi connectivity index (χ0v) is 8.21. The lowest BCUT2D eigenvalue weighted by Crippen LogP contribution is -1.97. The summed E-state index contributed by atoms with van der Waals surface area (Å²) in [4.78, 5) is 0. The van der Waals surface area contributed by atoms with Crippen molar-refractivity contribution in [2.45, 2.75) is 19.4 Å². The Hall–Kier alpha value is -1.05. The second-order valence-corrected chi connectivity index (χ2v) is 3.15. The van der Waals surface area contributed by atoms with Crippen LogP contribution in [-0.2, 0) is 7.05 Å². The van der Waals surface area contributed by atoms with Crippen LogP contribution in [0.1, 0.15) is 23.8 Å². The fourth-order valence-corrected chi connectivity index (χ4v) is 1.51. The molecule has 0 saturated carbocycles. The fourth-order valence-electron chi connectivity index (χ4n) is 1.21. The molecule has 0 spiro atoms. The Morgan fingerprint density at radius 3 is 2.77 bits per heavy atom. The lowest BCUT2D eigenvalue weighted by Gasteiger charge is -2.04. The van der Waals surface area contributed by atoms with E-state index in [2.05, 4.69) is 5.10 Å². The van der Waals surface area contributed by atoms with Gasteiger partial charge in [0, 0.05) is 12.6 Å². The van der Waals surface area contributed by atoms with E-state index in [1.54, 1.807) is 14.0 Å². The van der Waals surface area contributed by atoms with Gasteiger partial charge in [-0.05, 0) is 6.92 Å². The van der Waals surface area contributed by atoms with Gasteiger partial charge in [0.15, 0.2) is 0 Å². The SMILES string of the molecule is Cc1nn(C)c(Cl)c1C(O)CC#N. The number of aliphatic hydroxyl groups excluding tert-OH is 1. The molecule has 1 aromatic rings. The first kappa shape index (κ1) is 10.0. The van der Waals surface area contributed by atoms with Crippen LogP contribution in [0.25, 0.3) is 0 Å². The van der Waals surface area contributed by atoms with Crippen LogP contribution in [0.15, 0.2) is 0 Å². The van der Waals surface area contributed by atoms with Gasteiger partial charge in [0.05, 0.1) is 24.3 Å². The Bertz CT molecular complexity index is 353. The van der Waals surface area contributed by atoms with E-state index < -0.39 is 6.10 Å². The van der Waals surface area contributed by atoms with Crippen LogP contribution in [0.2, 0.25) is 5.15 Å². The molecule has 1 heterocycles. The molecule has 1 N–H and O–H groups in total. The monoisotopic (exact) mass is 199 g/mol. The molecule has 13 heavy (non-hydrogen) atoms. The summed E-state index contributed by atoms with van der Waals surface area (Å²) in [5, 5.41) is 22.4. The van der Waals surface area contributed by atoms with Crippen molar-refractivity contribution in [2.24, 2.45) is 7.05 Å². The second-order valence-electron chi connectivity index (χ2n) is 2.79. The molecule has 0 aromatic carbocycles. The van der Waals surface area contributed by atoms with Crippen LogP contribution < -0.4 is 0 Å². The number of aliphatic hydroxyl groups is 1. The highest BCUT2D eigenvalue weighted by Crippen LogP contribution is 2.27. The van der Waals surface area contributed by atoms with E-state index in [0.717, 1.165) is 0 Å². The summed E-state index contributed by atoms with van der Waals surface area (Å²) in [5.41, 5.74) is 1.21. The molecule has 0 aliphatic heterocycles. The summed E-state index contributed by atoms with van der Waals surface area (Å²) in [6, 6.07) is 1.88. The Morgan fingerprint density at radius 2 is 2.38 bits per heavy atom. The van der Waals surface area contributed by atoms with Crippen molar-refractivity contribution < 1.29 is 5.11 Å². The molecule has 70 valence electrons. The highest BCUT2D eigenvalue weighted by Gasteiger charge is 2.18. The number of nitrogens with zero attached hydrogens (tertiary/aromatic N) is 3. The number of aromatic nitrogens is 2. The van der Waals surface area contributed by atoms with Gasteiger partial charge in [0.1, 0.15) is 5.15 Å². The summed E-state index contributed by atoms with van der Waals surface area (Å²) >= 11 is 5.88. The maximum absolute atomic E-state index is 9.54. The zero-order chi connectivity index (χ0) is 10.0. The van der Waals surface area contributed by atoms with Gasteiger partial charge in [0.25, 0.3) is 0 Å². The van der Waals surface area contributed by atoms with Crippen molar-refractivity contribution in [2.75, 3.05) is 0 Å². The molecule has 4 nitrogen and oxygen atoms in total. The number of aryl methyl sites for hydroxylation is 2. The number of hydrogen-bond acceptors (Lipinski definition) is 3. The molecule has 0 radical (unpaired) electrons. The van der Waals surface area contributed by atoms with E-state index in [1.807, 2.05) is 6.07 Å². The summed E-state index contributed by atoms with van der Waals surface area (Å²) in [7, 11) is 1.69. The summed E-state index contributed by atoms with van der Waals surface area (Å²) in [6.45, 7) is 1.75. The molecule has 0 amide bonds. The van der Waals surface area contributed by atoms with Crippen LogP contribution in [0.5, 0.6) is 0 Å². The van der Waals surface area contributed by atoms with Gasteiger partial charge in [-0.1, -0.05) is 11.6 Å². The lowest BCUT2D eigenvalue weighted by molar-refractivity contribution is 0.183. The van der Waals surface area contributed by atoms with Gasteiger partial charge in [0.2, 0.25) is 0 Å². The molecule has 0 bridgehead atoms. The molecule has 0 saturated heterocycles. The number of hydrogen-bond donors (Lipinski definition) is 1. The molecule has 1 aromatic heterocycles. The van der Waals surface area contributed by atoms with Gasteiger partial charge in [-0.15, -0.1) is 0 Å². The highest BCUT2D eigenvalue weighted by molar-refractivity contribution is 6.30. The van der Waals surface area contributed by atoms with Gasteiger partial charge < -0.3 is 5.11 Å². The molecule has 0 aliphatic carbocycles. The van der Waals surface area contributed by atoms with Crippen molar-refractivity contribution in [3.05, 3.63) is 16.4 Å². The Balaban J connectivity index is 3.07. The molecular weight excluding hydrogens is 190 g/mol. The largest absolute Gasteiger partial charge is 0.387 e. The van der Waals surface area contributed by atoms with E-state index in [-0.39, 0.29) is 6.42 Å². The first-order chi connectivity index (χ1) is 6.07. The minimum atomic E-state index is -0.841. The Labute approximate surface area is 81.4 Å². The highest BCUT2D eigenvalue weighted by atomic mass is 35.5. The Morgan fingerprint density at radius 1 is 1.77 bits per heavy atom. The van der Waals surface area contributed by atoms with E-state index in [9.17, 15) is 5.11 Å². The molecule has 1 atom stereocenters. The van der Waals surface area contributed by atoms with E-state index in [4.69, 9.17) is 16.9 Å². The predicted molar refractivity (Wildman–Crippen MR) is 48.1 cm³/mol. The third kappa shape index (κ3) is 1.82. The van der Waals surface area contributed by atoms with Crippen LogP contribution >= 0.6 is 11.6 Å². The van der Waals surface area contributed by atoms with Crippen molar-refractivity contribution in [1.82, 2.24) is 9.78 Å². The molecule has 1 rings (SSSR count). The number of halogens is 1. The van der Waals surface area contributed by atoms with Gasteiger partial charge in [-0.2, -0.15) is 10.4 Å². The molecule has 1 unspecified atom stereocenters. The van der Waals surface area contributed by atoms with E-state index in [1.165, 1.54) is 4.68 Å². The van der Waals surface area contributed by atoms with Crippen molar-refractivity contribution in [1.29, 1.82) is 5.26 Å². The first-order valence-corrected chi connectivity index (χ1v) is 4.19. The second kappa shape index (κ2) is 3.77. The Kier molecular flexibility index (Phi) is 2.91. The van der Waals surface area contributed by atoms with Crippen LogP contribution in [-0.4, -0.2) is 14.9 Å². The average molecular weight is 200 g/mol. The van der Waals surface area contributed by atoms with Crippen LogP contribution in [0, 0.1) is 18.3 Å². The van der Waals surface area contributed by atoms with Crippen LogP contribution in [0.4, 0.5) is 0 Å². The number of rotatable bonds is 2. The smallest absolute Gasteiger partial charge is 0.132 e. The summed E-state index contributed by atoms with van der Waals surface area (Å²) < 4.78 is 1.48. The van der Waals surface area contributed by atoms with Gasteiger partial charge >= 0.3 is 0 Å². The molecular formula is C8H10ClN3O. The third-order valence-corrected chi connectivity index (χ3v) is 2.26. The maximum Gasteiger partial charge on any atom is 0.132 e. The average Bonchev–Trinajstić information content (AvgIpc) is 2.27. The minimum absolute atomic E-state index is 0.0340. The quantitative estimate of drug-likeness (QED) is 0.782. The molecule has 5 heteroatoms. The van der Waals surface area contributed by atoms with Crippen LogP contribution in [0.3, 0.4) is 0 Å².